The fourth-order valence-electron chi connectivity index (χ4n) is 4.27. The second-order valence-corrected chi connectivity index (χ2v) is 9.40. The summed E-state index contributed by atoms with van der Waals surface area (Å²) in [7, 11) is 1.65. The Kier molecular flexibility index (Phi) is 6.03. The van der Waals surface area contributed by atoms with E-state index in [2.05, 4.69) is 15.2 Å². The molecule has 11 nitrogen and oxygen atoms in total. The molecule has 0 aliphatic rings. The first kappa shape index (κ1) is 23.3. The predicted molar refractivity (Wildman–Crippen MR) is 132 cm³/mol. The number of anilines is 2. The van der Waals surface area contributed by atoms with Gasteiger partial charge in [-0.15, -0.1) is 10.2 Å². The zero-order chi connectivity index (χ0) is 24.7. The molecule has 0 radical (unpaired) electrons. The van der Waals surface area contributed by atoms with Gasteiger partial charge < -0.3 is 10.6 Å². The summed E-state index contributed by atoms with van der Waals surface area (Å²) in [6, 6.07) is 7.26. The number of rotatable bonds is 7. The van der Waals surface area contributed by atoms with Gasteiger partial charge in [-0.3, -0.25) is 28.1 Å². The second-order valence-electron chi connectivity index (χ2n) is 9.40. The molecule has 3 heterocycles. The summed E-state index contributed by atoms with van der Waals surface area (Å²) < 4.78 is 4.67. The number of nitrogens with one attached hydrogen (secondary N) is 1. The lowest BCUT2D eigenvalue weighted by molar-refractivity contribution is 0.505. The fourth-order valence-corrected chi connectivity index (χ4v) is 4.27. The summed E-state index contributed by atoms with van der Waals surface area (Å²) >= 11 is 0. The van der Waals surface area contributed by atoms with E-state index in [1.54, 1.807) is 13.1 Å². The Labute approximate surface area is 195 Å². The van der Waals surface area contributed by atoms with Gasteiger partial charge in [0, 0.05) is 20.1 Å². The number of benzene rings is 1. The van der Waals surface area contributed by atoms with E-state index in [0.29, 0.717) is 35.6 Å². The van der Waals surface area contributed by atoms with E-state index in [0.717, 1.165) is 0 Å². The van der Waals surface area contributed by atoms with Gasteiger partial charge in [0.1, 0.15) is 11.5 Å². The van der Waals surface area contributed by atoms with E-state index >= 15 is 0 Å². The third kappa shape index (κ3) is 3.97. The molecule has 0 aliphatic heterocycles. The Balaban J connectivity index is 1.92. The smallest absolute Gasteiger partial charge is 0.330 e. The minimum Gasteiger partial charge on any atom is -0.383 e. The van der Waals surface area contributed by atoms with Crippen molar-refractivity contribution < 1.29 is 0 Å². The average molecular weight is 467 g/mol. The highest BCUT2D eigenvalue weighted by molar-refractivity contribution is 5.80. The first-order valence-corrected chi connectivity index (χ1v) is 11.3. The maximum Gasteiger partial charge on any atom is 0.330 e. The molecule has 0 unspecified atom stereocenters. The largest absolute Gasteiger partial charge is 0.383 e. The highest BCUT2D eigenvalue weighted by atomic mass is 16.2. The molecule has 4 aromatic rings. The zero-order valence-corrected chi connectivity index (χ0v) is 20.1. The summed E-state index contributed by atoms with van der Waals surface area (Å²) in [5.74, 6) is 1.40. The lowest BCUT2D eigenvalue weighted by Gasteiger charge is -2.27. The average Bonchev–Trinajstić information content (AvgIpc) is 3.18. The van der Waals surface area contributed by atoms with Crippen LogP contribution in [0, 0.1) is 11.8 Å². The fraction of sp³-hybridized carbons (Fsp3) is 0.435. The number of H-pyrrole nitrogens is 1. The van der Waals surface area contributed by atoms with Gasteiger partial charge in [-0.05, 0) is 24.0 Å². The molecule has 0 amide bonds. The number of nitrogen functional groups attached to an aromatic ring is 1. The topological polar surface area (TPSA) is 136 Å². The van der Waals surface area contributed by atoms with Crippen molar-refractivity contribution in [2.45, 2.75) is 40.8 Å². The standard InChI is InChI=1S/C23H30N8O3/c1-13(2)10-29(18-19(24)30(11-14(3)4)23(34)25-20(18)32)12-17-26-27-22-28(5)21(33)15-8-6-7-9-16(15)31(17)22/h6-9,13-14H,10-12,24H2,1-5H3,(H,25,32,34). The Bertz CT molecular complexity index is 1540. The van der Waals surface area contributed by atoms with Gasteiger partial charge in [-0.25, -0.2) is 4.79 Å². The highest BCUT2D eigenvalue weighted by Gasteiger charge is 2.23. The van der Waals surface area contributed by atoms with Crippen LogP contribution in [0.15, 0.2) is 38.6 Å². The molecule has 0 saturated heterocycles. The van der Waals surface area contributed by atoms with Crippen molar-refractivity contribution in [3.05, 3.63) is 61.3 Å². The Morgan fingerprint density at radius 2 is 1.76 bits per heavy atom. The minimum absolute atomic E-state index is 0.120. The maximum atomic E-state index is 12.9. The van der Waals surface area contributed by atoms with Gasteiger partial charge >= 0.3 is 5.69 Å². The van der Waals surface area contributed by atoms with Gasteiger partial charge in [0.2, 0.25) is 5.78 Å². The van der Waals surface area contributed by atoms with E-state index in [9.17, 15) is 14.4 Å². The maximum absolute atomic E-state index is 12.9. The van der Waals surface area contributed by atoms with Crippen LogP contribution >= 0.6 is 0 Å². The van der Waals surface area contributed by atoms with Crippen LogP contribution in [-0.4, -0.2) is 35.3 Å². The number of hydrogen-bond acceptors (Lipinski definition) is 7. The van der Waals surface area contributed by atoms with Gasteiger partial charge in [-0.1, -0.05) is 39.8 Å². The molecule has 11 heteroatoms. The molecule has 0 aliphatic carbocycles. The first-order valence-electron chi connectivity index (χ1n) is 11.3. The third-order valence-corrected chi connectivity index (χ3v) is 5.69. The number of fused-ring (bicyclic) bond motifs is 3. The second kappa shape index (κ2) is 8.81. The van der Waals surface area contributed by atoms with Crippen LogP contribution in [-0.2, 0) is 20.1 Å². The predicted octanol–water partition coefficient (Wildman–Crippen LogP) is 1.33. The van der Waals surface area contributed by atoms with Crippen molar-refractivity contribution in [1.29, 1.82) is 0 Å². The molecule has 0 atom stereocenters. The first-order chi connectivity index (χ1) is 16.1. The van der Waals surface area contributed by atoms with Crippen molar-refractivity contribution in [1.82, 2.24) is 28.7 Å². The van der Waals surface area contributed by atoms with Crippen molar-refractivity contribution in [2.75, 3.05) is 17.2 Å². The summed E-state index contributed by atoms with van der Waals surface area (Å²) in [6.07, 6.45) is 0. The van der Waals surface area contributed by atoms with Crippen LogP contribution in [0.3, 0.4) is 0 Å². The van der Waals surface area contributed by atoms with Crippen LogP contribution in [0.25, 0.3) is 16.7 Å². The molecule has 1 aromatic carbocycles. The molecule has 0 spiro atoms. The van der Waals surface area contributed by atoms with Crippen LogP contribution in [0.2, 0.25) is 0 Å². The molecule has 34 heavy (non-hydrogen) atoms. The number of para-hydroxylation sites is 1. The zero-order valence-electron chi connectivity index (χ0n) is 20.1. The molecule has 3 aromatic heterocycles. The highest BCUT2D eigenvalue weighted by Crippen LogP contribution is 2.22. The monoisotopic (exact) mass is 466 g/mol. The molecular formula is C23H30N8O3. The number of aromatic amines is 1. The van der Waals surface area contributed by atoms with E-state index < -0.39 is 11.2 Å². The van der Waals surface area contributed by atoms with Crippen molar-refractivity contribution in [2.24, 2.45) is 18.9 Å². The Morgan fingerprint density at radius 1 is 1.06 bits per heavy atom. The normalized spacial score (nSPS) is 11.9. The van der Waals surface area contributed by atoms with Crippen LogP contribution in [0.1, 0.15) is 33.5 Å². The molecule has 0 fully saturated rings. The number of nitrogens with zero attached hydrogens (tertiary/aromatic N) is 6. The lowest BCUT2D eigenvalue weighted by atomic mass is 10.2. The molecule has 0 saturated carbocycles. The summed E-state index contributed by atoms with van der Waals surface area (Å²) in [6.45, 7) is 9.08. The van der Waals surface area contributed by atoms with Gasteiger partial charge in [0.05, 0.1) is 17.4 Å². The summed E-state index contributed by atoms with van der Waals surface area (Å²) in [5, 5.41) is 9.14. The van der Waals surface area contributed by atoms with E-state index in [1.165, 1.54) is 9.13 Å². The number of aryl methyl sites for hydroxylation is 1. The SMILES string of the molecule is CC(C)CN(Cc1nnc2n(C)c(=O)c3ccccc3n12)c1c(N)n(CC(C)C)c(=O)[nH]c1=O. The number of hydrogen-bond donors (Lipinski definition) is 2. The quantitative estimate of drug-likeness (QED) is 0.419. The van der Waals surface area contributed by atoms with Crippen LogP contribution in [0.4, 0.5) is 11.5 Å². The molecule has 3 N–H and O–H groups in total. The van der Waals surface area contributed by atoms with E-state index in [4.69, 9.17) is 5.73 Å². The number of nitrogens with two attached hydrogens (primary N) is 1. The molecule has 4 rings (SSSR count). The van der Waals surface area contributed by atoms with Crippen molar-refractivity contribution >= 4 is 28.2 Å². The van der Waals surface area contributed by atoms with E-state index in [-0.39, 0.29) is 35.4 Å². The minimum atomic E-state index is -0.547. The molecular weight excluding hydrogens is 436 g/mol. The van der Waals surface area contributed by atoms with E-state index in [1.807, 2.05) is 55.2 Å². The molecule has 180 valence electrons. The number of aromatic nitrogens is 6. The van der Waals surface area contributed by atoms with Gasteiger partial charge in [0.15, 0.2) is 5.82 Å². The third-order valence-electron chi connectivity index (χ3n) is 5.69. The summed E-state index contributed by atoms with van der Waals surface area (Å²) in [4.78, 5) is 42.4. The molecule has 0 bridgehead atoms. The van der Waals surface area contributed by atoms with Gasteiger partial charge in [-0.2, -0.15) is 0 Å². The Morgan fingerprint density at radius 3 is 2.44 bits per heavy atom. The van der Waals surface area contributed by atoms with Crippen molar-refractivity contribution in [3.63, 3.8) is 0 Å². The summed E-state index contributed by atoms with van der Waals surface area (Å²) in [5.41, 5.74) is 6.06. The van der Waals surface area contributed by atoms with Crippen molar-refractivity contribution in [3.8, 4) is 0 Å². The van der Waals surface area contributed by atoms with Crippen LogP contribution < -0.4 is 27.4 Å². The van der Waals surface area contributed by atoms with Crippen LogP contribution in [0.5, 0.6) is 0 Å². The lowest BCUT2D eigenvalue weighted by Crippen LogP contribution is -2.40. The Hall–Kier alpha value is -3.89. The van der Waals surface area contributed by atoms with Gasteiger partial charge in [0.25, 0.3) is 11.1 Å².